The minimum atomic E-state index is 0.545. The minimum Gasteiger partial charge on any atom is -0.382 e. The second-order valence-corrected chi connectivity index (χ2v) is 6.38. The zero-order valence-electron chi connectivity index (χ0n) is 12.5. The molecule has 0 bridgehead atoms. The number of nitrogens with one attached hydrogen (secondary N) is 1. The van der Waals surface area contributed by atoms with E-state index in [1.54, 1.807) is 0 Å². The van der Waals surface area contributed by atoms with Crippen molar-refractivity contribution in [3.8, 4) is 0 Å². The number of hydrogen-bond donors (Lipinski definition) is 1. The molecule has 0 unspecified atom stereocenters. The van der Waals surface area contributed by atoms with Gasteiger partial charge < -0.3 is 10.2 Å². The van der Waals surface area contributed by atoms with Crippen LogP contribution in [0.2, 0.25) is 5.02 Å². The van der Waals surface area contributed by atoms with E-state index in [2.05, 4.69) is 60.7 Å². The van der Waals surface area contributed by atoms with Gasteiger partial charge in [0, 0.05) is 36.5 Å². The van der Waals surface area contributed by atoms with Gasteiger partial charge in [0.15, 0.2) is 0 Å². The van der Waals surface area contributed by atoms with Gasteiger partial charge in [-0.05, 0) is 48.6 Å². The smallest absolute Gasteiger partial charge is 0.0440 e. The Hall–Kier alpha value is -1.67. The maximum atomic E-state index is 6.27. The fourth-order valence-corrected chi connectivity index (χ4v) is 3.20. The first-order valence-corrected chi connectivity index (χ1v) is 7.79. The lowest BCUT2D eigenvalue weighted by atomic mass is 9.76. The van der Waals surface area contributed by atoms with E-state index in [4.69, 9.17) is 11.6 Å². The highest BCUT2D eigenvalue weighted by molar-refractivity contribution is 6.31. The van der Waals surface area contributed by atoms with Gasteiger partial charge in [-0.3, -0.25) is 0 Å². The SMILES string of the molecule is CN(C)c1cccc(NC2CC(c3ccccc3Cl)C2)c1. The molecular formula is C18H21ClN2. The van der Waals surface area contributed by atoms with Crippen molar-refractivity contribution in [1.29, 1.82) is 0 Å². The summed E-state index contributed by atoms with van der Waals surface area (Å²) in [5, 5.41) is 4.52. The molecule has 2 aromatic carbocycles. The third-order valence-corrected chi connectivity index (χ3v) is 4.56. The molecule has 110 valence electrons. The number of rotatable bonds is 4. The van der Waals surface area contributed by atoms with E-state index in [9.17, 15) is 0 Å². The topological polar surface area (TPSA) is 15.3 Å². The Labute approximate surface area is 131 Å². The molecule has 1 saturated carbocycles. The Morgan fingerprint density at radius 1 is 1.05 bits per heavy atom. The van der Waals surface area contributed by atoms with Gasteiger partial charge in [-0.2, -0.15) is 0 Å². The lowest BCUT2D eigenvalue weighted by Crippen LogP contribution is -2.34. The molecule has 1 aliphatic carbocycles. The summed E-state index contributed by atoms with van der Waals surface area (Å²) in [6.45, 7) is 0. The fourth-order valence-electron chi connectivity index (χ4n) is 2.91. The maximum Gasteiger partial charge on any atom is 0.0440 e. The largest absolute Gasteiger partial charge is 0.382 e. The van der Waals surface area contributed by atoms with Crippen molar-refractivity contribution in [3.05, 3.63) is 59.1 Å². The highest BCUT2D eigenvalue weighted by Gasteiger charge is 2.31. The second-order valence-electron chi connectivity index (χ2n) is 5.98. The predicted octanol–water partition coefficient (Wildman–Crippen LogP) is 4.76. The van der Waals surface area contributed by atoms with Crippen molar-refractivity contribution < 1.29 is 0 Å². The van der Waals surface area contributed by atoms with Gasteiger partial charge in [0.2, 0.25) is 0 Å². The van der Waals surface area contributed by atoms with Crippen LogP contribution in [0.25, 0.3) is 0 Å². The fraction of sp³-hybridized carbons (Fsp3) is 0.333. The van der Waals surface area contributed by atoms with Crippen molar-refractivity contribution in [2.24, 2.45) is 0 Å². The van der Waals surface area contributed by atoms with Crippen molar-refractivity contribution >= 4 is 23.0 Å². The first kappa shape index (κ1) is 14.3. The van der Waals surface area contributed by atoms with E-state index in [-0.39, 0.29) is 0 Å². The third-order valence-electron chi connectivity index (χ3n) is 4.22. The molecule has 0 radical (unpaired) electrons. The molecule has 0 heterocycles. The van der Waals surface area contributed by atoms with Crippen molar-refractivity contribution in [2.45, 2.75) is 24.8 Å². The van der Waals surface area contributed by atoms with E-state index >= 15 is 0 Å². The van der Waals surface area contributed by atoms with Gasteiger partial charge in [-0.1, -0.05) is 35.9 Å². The van der Waals surface area contributed by atoms with Crippen LogP contribution in [-0.2, 0) is 0 Å². The summed E-state index contributed by atoms with van der Waals surface area (Å²) in [6, 6.07) is 17.3. The van der Waals surface area contributed by atoms with Crippen LogP contribution in [0, 0.1) is 0 Å². The Morgan fingerprint density at radius 2 is 1.81 bits per heavy atom. The molecule has 0 atom stereocenters. The van der Waals surface area contributed by atoms with E-state index in [1.807, 2.05) is 12.1 Å². The van der Waals surface area contributed by atoms with Crippen molar-refractivity contribution in [2.75, 3.05) is 24.3 Å². The van der Waals surface area contributed by atoms with Crippen LogP contribution < -0.4 is 10.2 Å². The van der Waals surface area contributed by atoms with E-state index in [0.717, 1.165) is 17.9 Å². The van der Waals surface area contributed by atoms with Crippen LogP contribution in [-0.4, -0.2) is 20.1 Å². The predicted molar refractivity (Wildman–Crippen MR) is 91.6 cm³/mol. The number of hydrogen-bond acceptors (Lipinski definition) is 2. The molecule has 3 rings (SSSR count). The second kappa shape index (κ2) is 5.98. The van der Waals surface area contributed by atoms with Gasteiger partial charge in [-0.25, -0.2) is 0 Å². The quantitative estimate of drug-likeness (QED) is 0.875. The lowest BCUT2D eigenvalue weighted by Gasteiger charge is -2.37. The van der Waals surface area contributed by atoms with Crippen LogP contribution in [0.1, 0.15) is 24.3 Å². The standard InChI is InChI=1S/C18H21ClN2/c1-21(2)16-7-5-6-14(12-16)20-15-10-13(11-15)17-8-3-4-9-18(17)19/h3-9,12-13,15,20H,10-11H2,1-2H3. The van der Waals surface area contributed by atoms with Crippen molar-refractivity contribution in [3.63, 3.8) is 0 Å². The first-order chi connectivity index (χ1) is 10.1. The third kappa shape index (κ3) is 3.16. The Morgan fingerprint density at radius 3 is 2.52 bits per heavy atom. The molecule has 1 aliphatic rings. The first-order valence-electron chi connectivity index (χ1n) is 7.42. The minimum absolute atomic E-state index is 0.545. The Kier molecular flexibility index (Phi) is 4.07. The maximum absolute atomic E-state index is 6.27. The van der Waals surface area contributed by atoms with Crippen molar-refractivity contribution in [1.82, 2.24) is 0 Å². The zero-order chi connectivity index (χ0) is 14.8. The summed E-state index contributed by atoms with van der Waals surface area (Å²) in [6.07, 6.45) is 2.30. The van der Waals surface area contributed by atoms with E-state index in [0.29, 0.717) is 12.0 Å². The van der Waals surface area contributed by atoms with Gasteiger partial charge in [0.05, 0.1) is 0 Å². The number of benzene rings is 2. The molecule has 3 heteroatoms. The van der Waals surface area contributed by atoms with Crippen LogP contribution in [0.5, 0.6) is 0 Å². The van der Waals surface area contributed by atoms with E-state index < -0.39 is 0 Å². The number of anilines is 2. The molecule has 1 fully saturated rings. The van der Waals surface area contributed by atoms with E-state index in [1.165, 1.54) is 16.9 Å². The molecule has 21 heavy (non-hydrogen) atoms. The number of halogens is 1. The Balaban J connectivity index is 1.60. The summed E-state index contributed by atoms with van der Waals surface area (Å²) in [5.41, 5.74) is 3.71. The van der Waals surface area contributed by atoms with Gasteiger partial charge in [0.25, 0.3) is 0 Å². The lowest BCUT2D eigenvalue weighted by molar-refractivity contribution is 0.374. The summed E-state index contributed by atoms with van der Waals surface area (Å²) < 4.78 is 0. The Bertz CT molecular complexity index is 618. The number of nitrogens with zero attached hydrogens (tertiary/aromatic N) is 1. The summed E-state index contributed by atoms with van der Waals surface area (Å²) in [5.74, 6) is 0.591. The van der Waals surface area contributed by atoms with Gasteiger partial charge in [0.1, 0.15) is 0 Å². The van der Waals surface area contributed by atoms with Crippen LogP contribution in [0.4, 0.5) is 11.4 Å². The van der Waals surface area contributed by atoms with Gasteiger partial charge >= 0.3 is 0 Å². The normalized spacial score (nSPS) is 20.7. The highest BCUT2D eigenvalue weighted by atomic mass is 35.5. The molecule has 0 aromatic heterocycles. The monoisotopic (exact) mass is 300 g/mol. The molecule has 1 N–H and O–H groups in total. The van der Waals surface area contributed by atoms with Crippen LogP contribution >= 0.6 is 11.6 Å². The summed E-state index contributed by atoms with van der Waals surface area (Å²) >= 11 is 6.27. The zero-order valence-corrected chi connectivity index (χ0v) is 13.3. The van der Waals surface area contributed by atoms with Gasteiger partial charge in [-0.15, -0.1) is 0 Å². The summed E-state index contributed by atoms with van der Waals surface area (Å²) in [4.78, 5) is 2.12. The molecule has 0 spiro atoms. The molecule has 0 aliphatic heterocycles. The highest BCUT2D eigenvalue weighted by Crippen LogP contribution is 2.41. The molecule has 0 saturated heterocycles. The van der Waals surface area contributed by atoms with Crippen LogP contribution in [0.15, 0.2) is 48.5 Å². The molecule has 0 amide bonds. The molecule has 2 nitrogen and oxygen atoms in total. The molecular weight excluding hydrogens is 280 g/mol. The molecule has 2 aromatic rings. The van der Waals surface area contributed by atoms with Crippen LogP contribution in [0.3, 0.4) is 0 Å². The average molecular weight is 301 g/mol. The average Bonchev–Trinajstić information content (AvgIpc) is 2.44. The summed E-state index contributed by atoms with van der Waals surface area (Å²) in [7, 11) is 4.13.